The Bertz CT molecular complexity index is 191. The monoisotopic (exact) mass is 260 g/mol. The zero-order valence-corrected chi connectivity index (χ0v) is 9.80. The highest BCUT2D eigenvalue weighted by Gasteiger charge is 2.16. The van der Waals surface area contributed by atoms with Crippen LogP contribution in [0, 0.1) is 0 Å². The zero-order valence-electron chi connectivity index (χ0n) is 8.17. The second-order valence-corrected chi connectivity index (χ2v) is 4.28. The maximum Gasteiger partial charge on any atom is 0.255 e. The van der Waals surface area contributed by atoms with Gasteiger partial charge in [0, 0.05) is 30.5 Å². The lowest BCUT2D eigenvalue weighted by molar-refractivity contribution is -0.122. The molecule has 0 aliphatic carbocycles. The van der Waals surface area contributed by atoms with Crippen LogP contribution in [-0.4, -0.2) is 43.0 Å². The molecular weight excluding hydrogens is 246 g/mol. The maximum atomic E-state index is 11.7. The molecule has 0 radical (unpaired) electrons. The van der Waals surface area contributed by atoms with Gasteiger partial charge in [-0.05, 0) is 0 Å². The Morgan fingerprint density at radius 1 is 1.60 bits per heavy atom. The van der Waals surface area contributed by atoms with E-state index < -0.39 is 13.0 Å². The van der Waals surface area contributed by atoms with Crippen molar-refractivity contribution >= 4 is 30.1 Å². The lowest BCUT2D eigenvalue weighted by Gasteiger charge is -2.22. The summed E-state index contributed by atoms with van der Waals surface area (Å²) in [4.78, 5) is 11.1. The second kappa shape index (κ2) is 8.13. The van der Waals surface area contributed by atoms with E-state index in [9.17, 15) is 13.6 Å². The Balaban J connectivity index is 0.00000196. The highest BCUT2D eigenvalue weighted by Crippen LogP contribution is 2.09. The van der Waals surface area contributed by atoms with Crippen molar-refractivity contribution in [3.8, 4) is 0 Å². The van der Waals surface area contributed by atoms with Gasteiger partial charge in [-0.15, -0.1) is 12.4 Å². The average molecular weight is 261 g/mol. The maximum absolute atomic E-state index is 11.7. The quantitative estimate of drug-likeness (QED) is 0.789. The molecule has 1 rings (SSSR count). The summed E-state index contributed by atoms with van der Waals surface area (Å²) in [6.07, 6.45) is -2.17. The fourth-order valence-corrected chi connectivity index (χ4v) is 2.19. The van der Waals surface area contributed by atoms with Crippen molar-refractivity contribution in [2.75, 3.05) is 24.6 Å². The van der Waals surface area contributed by atoms with Gasteiger partial charge in [0.15, 0.2) is 0 Å². The van der Waals surface area contributed by atoms with Crippen molar-refractivity contribution in [1.29, 1.82) is 0 Å². The van der Waals surface area contributed by atoms with Gasteiger partial charge in [0.2, 0.25) is 5.91 Å². The molecule has 1 aliphatic rings. The van der Waals surface area contributed by atoms with E-state index in [4.69, 9.17) is 0 Å². The number of thioether (sulfide) groups is 1. The normalized spacial score (nSPS) is 20.9. The first-order valence-corrected chi connectivity index (χ1v) is 5.70. The minimum Gasteiger partial charge on any atom is -0.350 e. The molecule has 1 saturated heterocycles. The van der Waals surface area contributed by atoms with E-state index in [2.05, 4.69) is 10.6 Å². The summed E-state index contributed by atoms with van der Waals surface area (Å²) in [6.45, 7) is 0.343. The molecule has 1 atom stereocenters. The molecule has 1 aliphatic heterocycles. The average Bonchev–Trinajstić information content (AvgIpc) is 2.16. The van der Waals surface area contributed by atoms with E-state index in [1.807, 2.05) is 0 Å². The first kappa shape index (κ1) is 14.9. The van der Waals surface area contributed by atoms with E-state index >= 15 is 0 Å². The smallest absolute Gasteiger partial charge is 0.255 e. The predicted octanol–water partition coefficient (Wildman–Crippen LogP) is 0.885. The van der Waals surface area contributed by atoms with Crippen LogP contribution in [-0.2, 0) is 4.79 Å². The molecule has 0 aromatic heterocycles. The summed E-state index contributed by atoms with van der Waals surface area (Å²) in [5.41, 5.74) is 0. The summed E-state index contributed by atoms with van der Waals surface area (Å²) in [7, 11) is 0. The Morgan fingerprint density at radius 2 is 2.33 bits per heavy atom. The van der Waals surface area contributed by atoms with Crippen molar-refractivity contribution in [2.24, 2.45) is 0 Å². The highest BCUT2D eigenvalue weighted by atomic mass is 35.5. The molecule has 1 unspecified atom stereocenters. The van der Waals surface area contributed by atoms with Crippen LogP contribution in [0.3, 0.4) is 0 Å². The number of nitrogens with one attached hydrogen (secondary N) is 2. The van der Waals surface area contributed by atoms with Gasteiger partial charge >= 0.3 is 0 Å². The lowest BCUT2D eigenvalue weighted by Crippen LogP contribution is -2.42. The summed E-state index contributed by atoms with van der Waals surface area (Å²) in [5, 5.41) is 5.36. The van der Waals surface area contributed by atoms with Gasteiger partial charge in [-0.25, -0.2) is 8.78 Å². The fourth-order valence-electron chi connectivity index (χ4n) is 1.24. The third-order valence-electron chi connectivity index (χ3n) is 1.88. The highest BCUT2D eigenvalue weighted by molar-refractivity contribution is 7.99. The molecule has 1 amide bonds. The largest absolute Gasteiger partial charge is 0.350 e. The molecule has 3 nitrogen and oxygen atoms in total. The molecule has 7 heteroatoms. The number of halogens is 3. The van der Waals surface area contributed by atoms with Crippen LogP contribution >= 0.6 is 24.2 Å². The van der Waals surface area contributed by atoms with Gasteiger partial charge < -0.3 is 10.6 Å². The standard InChI is InChI=1S/C8H14F2N2OS.ClH/c9-7(10)4-12-8(13)3-6-5-14-2-1-11-6;/h6-7,11H,1-5H2,(H,12,13);1H. The van der Waals surface area contributed by atoms with Gasteiger partial charge in [0.25, 0.3) is 6.43 Å². The minimum atomic E-state index is -2.47. The van der Waals surface area contributed by atoms with Crippen molar-refractivity contribution in [2.45, 2.75) is 18.9 Å². The number of amides is 1. The molecule has 0 bridgehead atoms. The Morgan fingerprint density at radius 3 is 2.87 bits per heavy atom. The van der Waals surface area contributed by atoms with Crippen molar-refractivity contribution in [1.82, 2.24) is 10.6 Å². The second-order valence-electron chi connectivity index (χ2n) is 3.13. The van der Waals surface area contributed by atoms with E-state index in [-0.39, 0.29) is 24.4 Å². The first-order valence-electron chi connectivity index (χ1n) is 4.54. The van der Waals surface area contributed by atoms with Crippen LogP contribution in [0.15, 0.2) is 0 Å². The molecule has 1 heterocycles. The van der Waals surface area contributed by atoms with E-state index in [1.165, 1.54) is 0 Å². The van der Waals surface area contributed by atoms with Gasteiger partial charge in [0.1, 0.15) is 0 Å². The minimum absolute atomic E-state index is 0. The van der Waals surface area contributed by atoms with Gasteiger partial charge in [-0.2, -0.15) is 11.8 Å². The summed E-state index contributed by atoms with van der Waals surface area (Å²) < 4.78 is 23.5. The van der Waals surface area contributed by atoms with Crippen molar-refractivity contribution < 1.29 is 13.6 Å². The third-order valence-corrected chi connectivity index (χ3v) is 3.01. The zero-order chi connectivity index (χ0) is 10.4. The first-order chi connectivity index (χ1) is 6.68. The number of hydrogen-bond acceptors (Lipinski definition) is 3. The van der Waals surface area contributed by atoms with Crippen LogP contribution in [0.2, 0.25) is 0 Å². The Hall–Kier alpha value is -0.0700. The van der Waals surface area contributed by atoms with Crippen LogP contribution < -0.4 is 10.6 Å². The summed E-state index contributed by atoms with van der Waals surface area (Å²) >= 11 is 1.78. The Kier molecular flexibility index (Phi) is 8.09. The number of rotatable bonds is 4. The SMILES string of the molecule is Cl.O=C(CC1CSCCN1)NCC(F)F. The number of carbonyl (C=O) groups excluding carboxylic acids is 1. The molecule has 0 saturated carbocycles. The predicted molar refractivity (Wildman–Crippen MR) is 60.0 cm³/mol. The lowest BCUT2D eigenvalue weighted by atomic mass is 10.2. The van der Waals surface area contributed by atoms with Gasteiger partial charge in [-0.1, -0.05) is 0 Å². The molecule has 90 valence electrons. The summed E-state index contributed by atoms with van der Waals surface area (Å²) in [5.74, 6) is 1.63. The number of carbonyl (C=O) groups is 1. The Labute approximate surface area is 98.2 Å². The molecule has 0 aromatic rings. The molecule has 1 fully saturated rings. The van der Waals surface area contributed by atoms with Crippen LogP contribution in [0.25, 0.3) is 0 Å². The molecular formula is C8H15ClF2N2OS. The van der Waals surface area contributed by atoms with E-state index in [0.29, 0.717) is 6.42 Å². The molecule has 2 N–H and O–H groups in total. The third kappa shape index (κ3) is 6.92. The number of hydrogen-bond donors (Lipinski definition) is 2. The van der Waals surface area contributed by atoms with Gasteiger partial charge in [0.05, 0.1) is 6.54 Å². The van der Waals surface area contributed by atoms with Crippen molar-refractivity contribution in [3.05, 3.63) is 0 Å². The molecule has 0 spiro atoms. The molecule has 0 aromatic carbocycles. The van der Waals surface area contributed by atoms with Crippen molar-refractivity contribution in [3.63, 3.8) is 0 Å². The fraction of sp³-hybridized carbons (Fsp3) is 0.875. The molecule has 15 heavy (non-hydrogen) atoms. The van der Waals surface area contributed by atoms with E-state index in [0.717, 1.165) is 18.1 Å². The topological polar surface area (TPSA) is 41.1 Å². The van der Waals surface area contributed by atoms with Gasteiger partial charge in [-0.3, -0.25) is 4.79 Å². The van der Waals surface area contributed by atoms with Crippen LogP contribution in [0.5, 0.6) is 0 Å². The van der Waals surface area contributed by atoms with E-state index in [1.54, 1.807) is 11.8 Å². The van der Waals surface area contributed by atoms with Crippen LogP contribution in [0.1, 0.15) is 6.42 Å². The number of alkyl halides is 2. The van der Waals surface area contributed by atoms with Crippen LogP contribution in [0.4, 0.5) is 8.78 Å². The summed E-state index contributed by atoms with van der Waals surface area (Å²) in [6, 6.07) is 0.131.